The summed E-state index contributed by atoms with van der Waals surface area (Å²) in [5, 5.41) is 2.90. The van der Waals surface area contributed by atoms with Crippen molar-refractivity contribution in [1.29, 1.82) is 0 Å². The van der Waals surface area contributed by atoms with Crippen molar-refractivity contribution in [2.45, 2.75) is 45.7 Å². The predicted molar refractivity (Wildman–Crippen MR) is 61.5 cm³/mol. The molecule has 90 valence electrons. The van der Waals surface area contributed by atoms with Gasteiger partial charge in [-0.3, -0.25) is 4.79 Å². The summed E-state index contributed by atoms with van der Waals surface area (Å²) in [6.45, 7) is 6.79. The topological polar surface area (TPSA) is 64.3 Å². The number of nitrogens with two attached hydrogens (primary N) is 1. The van der Waals surface area contributed by atoms with Crippen LogP contribution >= 0.6 is 0 Å². The van der Waals surface area contributed by atoms with E-state index < -0.39 is 6.04 Å². The number of rotatable bonds is 7. The molecule has 4 nitrogen and oxygen atoms in total. The van der Waals surface area contributed by atoms with Crippen molar-refractivity contribution in [3.8, 4) is 0 Å². The van der Waals surface area contributed by atoms with Gasteiger partial charge in [-0.2, -0.15) is 0 Å². The van der Waals surface area contributed by atoms with Gasteiger partial charge >= 0.3 is 0 Å². The number of carbonyl (C=O) groups excluding carboxylic acids is 1. The lowest BCUT2D eigenvalue weighted by Gasteiger charge is -2.20. The quantitative estimate of drug-likeness (QED) is 0.621. The van der Waals surface area contributed by atoms with Crippen LogP contribution in [0.2, 0.25) is 0 Å². The molecule has 0 aliphatic carbocycles. The van der Waals surface area contributed by atoms with Crippen LogP contribution in [0.15, 0.2) is 0 Å². The van der Waals surface area contributed by atoms with E-state index in [4.69, 9.17) is 10.5 Å². The molecule has 0 aromatic heterocycles. The van der Waals surface area contributed by atoms with Crippen molar-refractivity contribution in [3.05, 3.63) is 0 Å². The number of amides is 1. The molecule has 15 heavy (non-hydrogen) atoms. The number of ether oxygens (including phenoxy) is 1. The second-order valence-electron chi connectivity index (χ2n) is 4.28. The van der Waals surface area contributed by atoms with Crippen LogP contribution in [-0.4, -0.2) is 31.7 Å². The fourth-order valence-corrected chi connectivity index (χ4v) is 1.08. The predicted octanol–water partition coefficient (Wildman–Crippen LogP) is 0.901. The highest BCUT2D eigenvalue weighted by Gasteiger charge is 2.16. The van der Waals surface area contributed by atoms with Crippen LogP contribution in [0.5, 0.6) is 0 Å². The van der Waals surface area contributed by atoms with Gasteiger partial charge in [0.2, 0.25) is 5.91 Å². The molecule has 3 N–H and O–H groups in total. The summed E-state index contributed by atoms with van der Waals surface area (Å²) in [5.74, 6) is 0.368. The average molecular weight is 216 g/mol. The minimum atomic E-state index is -0.415. The maximum Gasteiger partial charge on any atom is 0.237 e. The average Bonchev–Trinajstić information content (AvgIpc) is 2.17. The molecule has 0 aromatic rings. The van der Waals surface area contributed by atoms with Crippen molar-refractivity contribution in [1.82, 2.24) is 5.32 Å². The Balaban J connectivity index is 3.78. The molecule has 0 rings (SSSR count). The highest BCUT2D eigenvalue weighted by molar-refractivity contribution is 5.81. The largest absolute Gasteiger partial charge is 0.385 e. The molecular weight excluding hydrogens is 192 g/mol. The van der Waals surface area contributed by atoms with Gasteiger partial charge in [0, 0.05) is 19.8 Å². The van der Waals surface area contributed by atoms with Crippen molar-refractivity contribution < 1.29 is 9.53 Å². The third kappa shape index (κ3) is 6.47. The molecule has 0 heterocycles. The summed E-state index contributed by atoms with van der Waals surface area (Å²) in [6.07, 6.45) is 1.49. The Morgan fingerprint density at radius 1 is 1.40 bits per heavy atom. The van der Waals surface area contributed by atoms with Crippen molar-refractivity contribution in [2.24, 2.45) is 11.7 Å². The Morgan fingerprint density at radius 3 is 2.47 bits per heavy atom. The van der Waals surface area contributed by atoms with Crippen LogP contribution < -0.4 is 11.1 Å². The molecule has 0 spiro atoms. The van der Waals surface area contributed by atoms with E-state index in [0.717, 1.165) is 6.42 Å². The van der Waals surface area contributed by atoms with Gasteiger partial charge in [-0.05, 0) is 25.7 Å². The van der Waals surface area contributed by atoms with Gasteiger partial charge in [-0.15, -0.1) is 0 Å². The molecular formula is C11H24N2O2. The van der Waals surface area contributed by atoms with Gasteiger partial charge < -0.3 is 15.8 Å². The minimum Gasteiger partial charge on any atom is -0.385 e. The van der Waals surface area contributed by atoms with Crippen LogP contribution in [0.4, 0.5) is 0 Å². The number of carbonyl (C=O) groups is 1. The maximum absolute atomic E-state index is 11.6. The lowest BCUT2D eigenvalue weighted by Crippen LogP contribution is -2.46. The number of nitrogens with one attached hydrogen (secondary N) is 1. The Kier molecular flexibility index (Phi) is 7.34. The summed E-state index contributed by atoms with van der Waals surface area (Å²) >= 11 is 0. The van der Waals surface area contributed by atoms with E-state index in [9.17, 15) is 4.79 Å². The lowest BCUT2D eigenvalue weighted by molar-refractivity contribution is -0.123. The van der Waals surface area contributed by atoms with Crippen molar-refractivity contribution in [2.75, 3.05) is 13.7 Å². The van der Waals surface area contributed by atoms with E-state index >= 15 is 0 Å². The van der Waals surface area contributed by atoms with Gasteiger partial charge in [0.15, 0.2) is 0 Å². The third-order valence-electron chi connectivity index (χ3n) is 2.57. The van der Waals surface area contributed by atoms with E-state index in [1.54, 1.807) is 7.11 Å². The molecule has 2 atom stereocenters. The summed E-state index contributed by atoms with van der Waals surface area (Å²) in [5.41, 5.74) is 5.74. The smallest absolute Gasteiger partial charge is 0.237 e. The SMILES string of the molecule is COCCCC(N)C(=O)NC(C)C(C)C. The maximum atomic E-state index is 11.6. The van der Waals surface area contributed by atoms with E-state index in [2.05, 4.69) is 19.2 Å². The highest BCUT2D eigenvalue weighted by atomic mass is 16.5. The second-order valence-corrected chi connectivity index (χ2v) is 4.28. The summed E-state index contributed by atoms with van der Waals surface area (Å²) in [6, 6.07) is -0.243. The van der Waals surface area contributed by atoms with Crippen LogP contribution in [-0.2, 0) is 9.53 Å². The molecule has 2 unspecified atom stereocenters. The Bertz CT molecular complexity index is 183. The normalized spacial score (nSPS) is 15.1. The van der Waals surface area contributed by atoms with Gasteiger partial charge in [-0.1, -0.05) is 13.8 Å². The molecule has 0 fully saturated rings. The molecule has 0 bridgehead atoms. The van der Waals surface area contributed by atoms with Crippen molar-refractivity contribution in [3.63, 3.8) is 0 Å². The van der Waals surface area contributed by atoms with Gasteiger partial charge in [0.05, 0.1) is 6.04 Å². The third-order valence-corrected chi connectivity index (χ3v) is 2.57. The monoisotopic (exact) mass is 216 g/mol. The number of methoxy groups -OCH3 is 1. The number of hydrogen-bond acceptors (Lipinski definition) is 3. The molecule has 0 aromatic carbocycles. The lowest BCUT2D eigenvalue weighted by atomic mass is 10.1. The minimum absolute atomic E-state index is 0.0627. The highest BCUT2D eigenvalue weighted by Crippen LogP contribution is 2.01. The molecule has 0 aliphatic rings. The summed E-state index contributed by atoms with van der Waals surface area (Å²) in [4.78, 5) is 11.6. The molecule has 1 amide bonds. The fourth-order valence-electron chi connectivity index (χ4n) is 1.08. The Labute approximate surface area is 92.6 Å². The standard InChI is InChI=1S/C11H24N2O2/c1-8(2)9(3)13-11(14)10(12)6-5-7-15-4/h8-10H,5-7,12H2,1-4H3,(H,13,14). The van der Waals surface area contributed by atoms with Crippen LogP contribution in [0, 0.1) is 5.92 Å². The summed E-state index contributed by atoms with van der Waals surface area (Å²) in [7, 11) is 1.65. The van der Waals surface area contributed by atoms with Gasteiger partial charge in [-0.25, -0.2) is 0 Å². The first-order valence-electron chi connectivity index (χ1n) is 5.54. The zero-order valence-corrected chi connectivity index (χ0v) is 10.2. The fraction of sp³-hybridized carbons (Fsp3) is 0.909. The first-order chi connectivity index (χ1) is 6.99. The first-order valence-corrected chi connectivity index (χ1v) is 5.54. The molecule has 0 saturated heterocycles. The number of hydrogen-bond donors (Lipinski definition) is 2. The van der Waals surface area contributed by atoms with Crippen LogP contribution in [0.25, 0.3) is 0 Å². The van der Waals surface area contributed by atoms with E-state index in [-0.39, 0.29) is 11.9 Å². The van der Waals surface area contributed by atoms with Crippen LogP contribution in [0.3, 0.4) is 0 Å². The van der Waals surface area contributed by atoms with Crippen molar-refractivity contribution >= 4 is 5.91 Å². The zero-order valence-electron chi connectivity index (χ0n) is 10.2. The van der Waals surface area contributed by atoms with Gasteiger partial charge in [0.1, 0.15) is 0 Å². The Morgan fingerprint density at radius 2 is 2.00 bits per heavy atom. The van der Waals surface area contributed by atoms with E-state index in [1.165, 1.54) is 0 Å². The zero-order chi connectivity index (χ0) is 11.8. The molecule has 0 saturated carbocycles. The molecule has 4 heteroatoms. The second kappa shape index (κ2) is 7.65. The molecule has 0 aliphatic heterocycles. The molecule has 0 radical (unpaired) electrons. The summed E-state index contributed by atoms with van der Waals surface area (Å²) < 4.78 is 4.90. The Hall–Kier alpha value is -0.610. The van der Waals surface area contributed by atoms with Gasteiger partial charge in [0.25, 0.3) is 0 Å². The first kappa shape index (κ1) is 14.4. The van der Waals surface area contributed by atoms with E-state index in [1.807, 2.05) is 6.92 Å². The van der Waals surface area contributed by atoms with E-state index in [0.29, 0.717) is 18.9 Å². The van der Waals surface area contributed by atoms with Crippen LogP contribution in [0.1, 0.15) is 33.6 Å².